The molecular weight excluding hydrogens is 306 g/mol. The number of amides is 3. The van der Waals surface area contributed by atoms with E-state index in [1.807, 2.05) is 42.5 Å². The number of methoxy groups -OCH3 is 1. The number of rotatable bonds is 6. The van der Waals surface area contributed by atoms with Gasteiger partial charge >= 0.3 is 6.03 Å². The third-order valence-corrected chi connectivity index (χ3v) is 3.40. The Hall–Kier alpha value is -3.02. The number of anilines is 1. The van der Waals surface area contributed by atoms with Crippen LogP contribution in [-0.4, -0.2) is 25.1 Å². The molecule has 0 heterocycles. The summed E-state index contributed by atoms with van der Waals surface area (Å²) < 4.78 is 5.22. The number of hydrogen-bond acceptors (Lipinski definition) is 4. The first kappa shape index (κ1) is 17.3. The lowest BCUT2D eigenvalue weighted by molar-refractivity contribution is -0.120. The van der Waals surface area contributed by atoms with E-state index >= 15 is 0 Å². The highest BCUT2D eigenvalue weighted by molar-refractivity contribution is 5.98. The standard InChI is InChI=1S/C18H21N3O3/c1-13(20-15-10-6-7-11-16(15)24-2)17(22)21-18(23)19-12-14-8-4-3-5-9-14/h3-11,13,20H,12H2,1-2H3,(H2,19,21,22,23). The van der Waals surface area contributed by atoms with Crippen LogP contribution in [0.1, 0.15) is 12.5 Å². The molecule has 3 N–H and O–H groups in total. The van der Waals surface area contributed by atoms with Gasteiger partial charge in [0.2, 0.25) is 5.91 Å². The molecule has 0 aromatic heterocycles. The number of ether oxygens (including phenoxy) is 1. The molecule has 0 radical (unpaired) electrons. The van der Waals surface area contributed by atoms with Crippen molar-refractivity contribution in [1.82, 2.24) is 10.6 Å². The number of nitrogens with one attached hydrogen (secondary N) is 3. The molecule has 1 atom stereocenters. The number of para-hydroxylation sites is 2. The van der Waals surface area contributed by atoms with Gasteiger partial charge in [0.05, 0.1) is 12.8 Å². The third-order valence-electron chi connectivity index (χ3n) is 3.40. The van der Waals surface area contributed by atoms with Crippen LogP contribution in [0.5, 0.6) is 5.75 Å². The van der Waals surface area contributed by atoms with Gasteiger partial charge in [-0.1, -0.05) is 42.5 Å². The minimum Gasteiger partial charge on any atom is -0.495 e. The maximum atomic E-state index is 12.1. The molecule has 6 heteroatoms. The molecule has 24 heavy (non-hydrogen) atoms. The molecule has 0 bridgehead atoms. The molecule has 2 aromatic rings. The van der Waals surface area contributed by atoms with Crippen molar-refractivity contribution in [2.24, 2.45) is 0 Å². The first-order valence-corrected chi connectivity index (χ1v) is 7.62. The highest BCUT2D eigenvalue weighted by atomic mass is 16.5. The lowest BCUT2D eigenvalue weighted by atomic mass is 10.2. The highest BCUT2D eigenvalue weighted by Gasteiger charge is 2.16. The van der Waals surface area contributed by atoms with Crippen LogP contribution in [0.15, 0.2) is 54.6 Å². The monoisotopic (exact) mass is 327 g/mol. The molecule has 0 aliphatic heterocycles. The Labute approximate surface area is 141 Å². The molecule has 6 nitrogen and oxygen atoms in total. The average molecular weight is 327 g/mol. The molecule has 0 aliphatic carbocycles. The van der Waals surface area contributed by atoms with Gasteiger partial charge in [-0.15, -0.1) is 0 Å². The van der Waals surface area contributed by atoms with Crippen LogP contribution in [0.3, 0.4) is 0 Å². The summed E-state index contributed by atoms with van der Waals surface area (Å²) in [5, 5.41) is 7.99. The summed E-state index contributed by atoms with van der Waals surface area (Å²) in [6.07, 6.45) is 0. The fraction of sp³-hybridized carbons (Fsp3) is 0.222. The Balaban J connectivity index is 1.83. The van der Waals surface area contributed by atoms with Crippen molar-refractivity contribution >= 4 is 17.6 Å². The van der Waals surface area contributed by atoms with E-state index in [-0.39, 0.29) is 0 Å². The molecule has 0 aliphatic rings. The topological polar surface area (TPSA) is 79.5 Å². The van der Waals surface area contributed by atoms with Crippen molar-refractivity contribution in [3.05, 3.63) is 60.2 Å². The van der Waals surface area contributed by atoms with Gasteiger partial charge in [-0.05, 0) is 24.6 Å². The number of hydrogen-bond donors (Lipinski definition) is 3. The molecule has 1 unspecified atom stereocenters. The quantitative estimate of drug-likeness (QED) is 0.762. The number of carbonyl (C=O) groups excluding carboxylic acids is 2. The molecule has 2 rings (SSSR count). The SMILES string of the molecule is COc1ccccc1NC(C)C(=O)NC(=O)NCc1ccccc1. The smallest absolute Gasteiger partial charge is 0.321 e. The van der Waals surface area contributed by atoms with Crippen LogP contribution in [0.2, 0.25) is 0 Å². The van der Waals surface area contributed by atoms with E-state index in [0.29, 0.717) is 18.0 Å². The van der Waals surface area contributed by atoms with Gasteiger partial charge in [0.15, 0.2) is 0 Å². The second-order valence-corrected chi connectivity index (χ2v) is 5.22. The van der Waals surface area contributed by atoms with E-state index < -0.39 is 18.0 Å². The second kappa shape index (κ2) is 8.57. The van der Waals surface area contributed by atoms with Gasteiger partial charge in [0, 0.05) is 6.54 Å². The molecule has 126 valence electrons. The number of imide groups is 1. The normalized spacial score (nSPS) is 11.2. The molecule has 2 aromatic carbocycles. The highest BCUT2D eigenvalue weighted by Crippen LogP contribution is 2.23. The van der Waals surface area contributed by atoms with E-state index in [1.54, 1.807) is 26.2 Å². The lowest BCUT2D eigenvalue weighted by Gasteiger charge is -2.17. The van der Waals surface area contributed by atoms with Crippen molar-refractivity contribution in [3.63, 3.8) is 0 Å². The average Bonchev–Trinajstić information content (AvgIpc) is 2.61. The maximum absolute atomic E-state index is 12.1. The summed E-state index contributed by atoms with van der Waals surface area (Å²) in [4.78, 5) is 23.9. The molecule has 3 amide bonds. The van der Waals surface area contributed by atoms with E-state index in [2.05, 4.69) is 16.0 Å². The van der Waals surface area contributed by atoms with E-state index in [9.17, 15) is 9.59 Å². The van der Waals surface area contributed by atoms with Crippen LogP contribution in [0.25, 0.3) is 0 Å². The fourth-order valence-corrected chi connectivity index (χ4v) is 2.11. The summed E-state index contributed by atoms with van der Waals surface area (Å²) in [5.74, 6) is 0.206. The number of carbonyl (C=O) groups is 2. The Morgan fingerprint density at radius 3 is 2.42 bits per heavy atom. The molecule has 0 saturated heterocycles. The molecule has 0 fully saturated rings. The lowest BCUT2D eigenvalue weighted by Crippen LogP contribution is -2.45. The third kappa shape index (κ3) is 5.01. The summed E-state index contributed by atoms with van der Waals surface area (Å²) in [6.45, 7) is 2.03. The Kier molecular flexibility index (Phi) is 6.19. The Morgan fingerprint density at radius 2 is 1.71 bits per heavy atom. The van der Waals surface area contributed by atoms with Crippen molar-refractivity contribution in [1.29, 1.82) is 0 Å². The van der Waals surface area contributed by atoms with Crippen molar-refractivity contribution in [2.45, 2.75) is 19.5 Å². The fourth-order valence-electron chi connectivity index (χ4n) is 2.11. The zero-order valence-corrected chi connectivity index (χ0v) is 13.7. The van der Waals surface area contributed by atoms with Gasteiger partial charge < -0.3 is 15.4 Å². The minimum atomic E-state index is -0.594. The molecular formula is C18H21N3O3. The predicted octanol–water partition coefficient (Wildman–Crippen LogP) is 2.52. The molecule has 0 saturated carbocycles. The number of benzene rings is 2. The van der Waals surface area contributed by atoms with Gasteiger partial charge in [-0.3, -0.25) is 10.1 Å². The van der Waals surface area contributed by atoms with Crippen molar-refractivity contribution in [2.75, 3.05) is 12.4 Å². The van der Waals surface area contributed by atoms with E-state index in [1.165, 1.54) is 0 Å². The summed E-state index contributed by atoms with van der Waals surface area (Å²) in [7, 11) is 1.56. The van der Waals surface area contributed by atoms with Crippen LogP contribution < -0.4 is 20.7 Å². The Bertz CT molecular complexity index is 689. The summed E-state index contributed by atoms with van der Waals surface area (Å²) in [6, 6.07) is 15.6. The van der Waals surface area contributed by atoms with Gasteiger partial charge in [-0.25, -0.2) is 4.79 Å². The number of urea groups is 1. The van der Waals surface area contributed by atoms with E-state index in [4.69, 9.17) is 4.74 Å². The predicted molar refractivity (Wildman–Crippen MR) is 92.9 cm³/mol. The zero-order valence-electron chi connectivity index (χ0n) is 13.7. The maximum Gasteiger partial charge on any atom is 0.321 e. The summed E-state index contributed by atoms with van der Waals surface area (Å²) >= 11 is 0. The zero-order chi connectivity index (χ0) is 17.4. The van der Waals surface area contributed by atoms with Crippen molar-refractivity contribution in [3.8, 4) is 5.75 Å². The van der Waals surface area contributed by atoms with Gasteiger partial charge in [-0.2, -0.15) is 0 Å². The van der Waals surface area contributed by atoms with Crippen LogP contribution >= 0.6 is 0 Å². The first-order valence-electron chi connectivity index (χ1n) is 7.62. The van der Waals surface area contributed by atoms with Gasteiger partial charge in [0.25, 0.3) is 0 Å². The minimum absolute atomic E-state index is 0.355. The van der Waals surface area contributed by atoms with Crippen molar-refractivity contribution < 1.29 is 14.3 Å². The molecule has 0 spiro atoms. The van der Waals surface area contributed by atoms with Gasteiger partial charge in [0.1, 0.15) is 11.8 Å². The second-order valence-electron chi connectivity index (χ2n) is 5.22. The van der Waals surface area contributed by atoms with Crippen LogP contribution in [0, 0.1) is 0 Å². The first-order chi connectivity index (χ1) is 11.6. The largest absolute Gasteiger partial charge is 0.495 e. The summed E-state index contributed by atoms with van der Waals surface area (Å²) in [5.41, 5.74) is 1.65. The van der Waals surface area contributed by atoms with Crippen LogP contribution in [0.4, 0.5) is 10.5 Å². The van der Waals surface area contributed by atoms with Crippen LogP contribution in [-0.2, 0) is 11.3 Å². The Morgan fingerprint density at radius 1 is 1.04 bits per heavy atom. The van der Waals surface area contributed by atoms with E-state index in [0.717, 1.165) is 5.56 Å².